The van der Waals surface area contributed by atoms with Crippen LogP contribution >= 0.6 is 35.6 Å². The molecule has 2 rings (SSSR count). The van der Waals surface area contributed by atoms with E-state index in [4.69, 9.17) is 20.3 Å². The van der Waals surface area contributed by atoms with Crippen molar-refractivity contribution in [3.63, 3.8) is 0 Å². The molecule has 1 atom stereocenters. The SMILES string of the molecule is CCCC(CO)Oc1cc(C(N)=O)cc2c(Br)c(C(F)(F)P(O)O)sc12. The lowest BCUT2D eigenvalue weighted by atomic mass is 10.1. The monoisotopic (exact) mass is 471 g/mol. The highest BCUT2D eigenvalue weighted by molar-refractivity contribution is 9.10. The molecule has 1 unspecified atom stereocenters. The zero-order chi connectivity index (χ0) is 19.6. The highest BCUT2D eigenvalue weighted by Crippen LogP contribution is 2.58. The normalized spacial score (nSPS) is 13.4. The van der Waals surface area contributed by atoms with Gasteiger partial charge in [-0.1, -0.05) is 13.3 Å². The highest BCUT2D eigenvalue weighted by atomic mass is 79.9. The number of carbonyl (C=O) groups excluding carboxylic acids is 1. The second-order valence-corrected chi connectivity index (χ2v) is 8.46. The summed E-state index contributed by atoms with van der Waals surface area (Å²) in [4.78, 5) is 29.1. The van der Waals surface area contributed by atoms with Gasteiger partial charge < -0.3 is 25.4 Å². The molecule has 0 aliphatic carbocycles. The summed E-state index contributed by atoms with van der Waals surface area (Å²) in [5.74, 6) is -0.650. The van der Waals surface area contributed by atoms with Crippen molar-refractivity contribution in [1.29, 1.82) is 0 Å². The van der Waals surface area contributed by atoms with Gasteiger partial charge in [-0.25, -0.2) is 0 Å². The average molecular weight is 472 g/mol. The Hall–Kier alpha value is -0.900. The molecule has 0 fully saturated rings. The van der Waals surface area contributed by atoms with Crippen LogP contribution in [0.15, 0.2) is 16.6 Å². The molecule has 0 saturated heterocycles. The van der Waals surface area contributed by atoms with E-state index in [9.17, 15) is 18.7 Å². The number of hydrogen-bond donors (Lipinski definition) is 4. The molecule has 0 aliphatic rings. The van der Waals surface area contributed by atoms with Crippen LogP contribution < -0.4 is 10.5 Å². The number of hydrogen-bond acceptors (Lipinski definition) is 6. The number of nitrogens with two attached hydrogens (primary N) is 1. The third-order valence-corrected chi connectivity index (χ3v) is 6.86. The molecule has 6 nitrogen and oxygen atoms in total. The van der Waals surface area contributed by atoms with E-state index in [2.05, 4.69) is 15.9 Å². The van der Waals surface area contributed by atoms with Crippen LogP contribution in [0.4, 0.5) is 8.78 Å². The van der Waals surface area contributed by atoms with Crippen molar-refractivity contribution >= 4 is 51.6 Å². The summed E-state index contributed by atoms with van der Waals surface area (Å²) in [6.07, 6.45) is 0.664. The van der Waals surface area contributed by atoms with Crippen molar-refractivity contribution in [3.8, 4) is 5.75 Å². The maximum atomic E-state index is 14.2. The molecule has 0 aliphatic heterocycles. The van der Waals surface area contributed by atoms with Crippen LogP contribution in [0.3, 0.4) is 0 Å². The van der Waals surface area contributed by atoms with Crippen LogP contribution in [-0.4, -0.2) is 33.5 Å². The number of rotatable bonds is 8. The molecule has 1 aromatic heterocycles. The number of alkyl halides is 2. The maximum Gasteiger partial charge on any atom is 0.349 e. The predicted octanol–water partition coefficient (Wildman–Crippen LogP) is 3.65. The molecule has 0 saturated carbocycles. The van der Waals surface area contributed by atoms with E-state index in [0.29, 0.717) is 17.8 Å². The fourth-order valence-electron chi connectivity index (χ4n) is 2.34. The zero-order valence-electron chi connectivity index (χ0n) is 13.6. The lowest BCUT2D eigenvalue weighted by molar-refractivity contribution is 0.0766. The molecule has 144 valence electrons. The Morgan fingerprint density at radius 3 is 2.62 bits per heavy atom. The lowest BCUT2D eigenvalue weighted by Gasteiger charge is -2.17. The van der Waals surface area contributed by atoms with E-state index in [1.807, 2.05) is 6.92 Å². The minimum absolute atomic E-state index is 0.0457. The van der Waals surface area contributed by atoms with E-state index in [1.54, 1.807) is 0 Å². The number of amides is 1. The first-order chi connectivity index (χ1) is 12.1. The van der Waals surface area contributed by atoms with E-state index in [1.165, 1.54) is 12.1 Å². The molecule has 0 bridgehead atoms. The van der Waals surface area contributed by atoms with Crippen molar-refractivity contribution in [1.82, 2.24) is 0 Å². The molecule has 1 aromatic carbocycles. The van der Waals surface area contributed by atoms with Gasteiger partial charge in [-0.2, -0.15) is 8.78 Å². The number of primary amides is 1. The third-order valence-electron chi connectivity index (χ3n) is 3.61. The van der Waals surface area contributed by atoms with E-state index >= 15 is 0 Å². The Labute approximate surface area is 161 Å². The fourth-order valence-corrected chi connectivity index (χ4v) is 5.11. The van der Waals surface area contributed by atoms with Gasteiger partial charge in [-0.3, -0.25) is 4.79 Å². The molecule has 11 heteroatoms. The first-order valence-electron chi connectivity index (χ1n) is 7.53. The summed E-state index contributed by atoms with van der Waals surface area (Å²) in [6.45, 7) is 1.61. The Kier molecular flexibility index (Phi) is 6.92. The lowest BCUT2D eigenvalue weighted by Crippen LogP contribution is -2.21. The minimum atomic E-state index is -3.86. The number of aliphatic hydroxyl groups excluding tert-OH is 1. The van der Waals surface area contributed by atoms with E-state index in [-0.39, 0.29) is 32.5 Å². The van der Waals surface area contributed by atoms with Crippen LogP contribution in [0, 0.1) is 0 Å². The van der Waals surface area contributed by atoms with Gasteiger partial charge in [0.15, 0.2) is 0 Å². The summed E-state index contributed by atoms with van der Waals surface area (Å²) in [5, 5.41) is 9.66. The summed E-state index contributed by atoms with van der Waals surface area (Å²) in [5.41, 5.74) is 1.49. The molecule has 0 spiro atoms. The van der Waals surface area contributed by atoms with Crippen LogP contribution in [0.2, 0.25) is 0 Å². The van der Waals surface area contributed by atoms with Gasteiger partial charge in [-0.05, 0) is 34.5 Å². The average Bonchev–Trinajstić information content (AvgIpc) is 2.92. The first-order valence-corrected chi connectivity index (χ1v) is 10.4. The molecule has 1 heterocycles. The van der Waals surface area contributed by atoms with Gasteiger partial charge in [0.25, 0.3) is 0 Å². The number of benzene rings is 1. The van der Waals surface area contributed by atoms with Crippen LogP contribution in [0.1, 0.15) is 35.0 Å². The number of halogens is 3. The second kappa shape index (κ2) is 8.41. The predicted molar refractivity (Wildman–Crippen MR) is 99.7 cm³/mol. The van der Waals surface area contributed by atoms with Gasteiger partial charge in [-0.15, -0.1) is 11.3 Å². The highest BCUT2D eigenvalue weighted by Gasteiger charge is 2.45. The van der Waals surface area contributed by atoms with Crippen molar-refractivity contribution in [2.45, 2.75) is 31.5 Å². The molecule has 2 aromatic rings. The fraction of sp³-hybridized carbons (Fsp3) is 0.400. The van der Waals surface area contributed by atoms with Gasteiger partial charge >= 0.3 is 5.66 Å². The van der Waals surface area contributed by atoms with Gasteiger partial charge in [0, 0.05) is 15.4 Å². The van der Waals surface area contributed by atoms with Crippen molar-refractivity contribution in [3.05, 3.63) is 27.0 Å². The van der Waals surface area contributed by atoms with Gasteiger partial charge in [0.1, 0.15) is 11.9 Å². The van der Waals surface area contributed by atoms with Gasteiger partial charge in [0.2, 0.25) is 14.3 Å². The topological polar surface area (TPSA) is 113 Å². The number of aliphatic hydroxyl groups is 1. The standard InChI is InChI=1S/C15H17BrF2NO5PS/c1-2-3-8(6-20)24-10-5-7(14(19)21)4-9-11(16)13(26-12(9)10)15(17,18)25(22)23/h4-5,8,20,22-23H,2-3,6H2,1H3,(H2,19,21). The van der Waals surface area contributed by atoms with Crippen molar-refractivity contribution in [2.24, 2.45) is 5.73 Å². The third kappa shape index (κ3) is 4.16. The summed E-state index contributed by atoms with van der Waals surface area (Å²) in [7, 11) is -3.55. The molecule has 1 amide bonds. The molecular weight excluding hydrogens is 455 g/mol. The summed E-state index contributed by atoms with van der Waals surface area (Å²) >= 11 is 3.67. The number of fused-ring (bicyclic) bond motifs is 1. The number of ether oxygens (including phenoxy) is 1. The molecule has 0 radical (unpaired) electrons. The largest absolute Gasteiger partial charge is 0.487 e. The smallest absolute Gasteiger partial charge is 0.349 e. The summed E-state index contributed by atoms with van der Waals surface area (Å²) < 4.78 is 34.2. The molecule has 5 N–H and O–H groups in total. The van der Waals surface area contributed by atoms with Crippen LogP contribution in [0.5, 0.6) is 5.75 Å². The Morgan fingerprint density at radius 2 is 2.12 bits per heavy atom. The van der Waals surface area contributed by atoms with Crippen LogP contribution in [0.25, 0.3) is 10.1 Å². The quantitative estimate of drug-likeness (QED) is 0.439. The van der Waals surface area contributed by atoms with Crippen LogP contribution in [-0.2, 0) is 5.66 Å². The Morgan fingerprint density at radius 1 is 1.46 bits per heavy atom. The minimum Gasteiger partial charge on any atom is -0.487 e. The Balaban J connectivity index is 2.68. The van der Waals surface area contributed by atoms with E-state index in [0.717, 1.165) is 6.42 Å². The molecular formula is C15H17BrF2NO5PS. The zero-order valence-corrected chi connectivity index (χ0v) is 16.9. The number of carbonyl (C=O) groups is 1. The molecule has 26 heavy (non-hydrogen) atoms. The Bertz CT molecular complexity index is 817. The summed E-state index contributed by atoms with van der Waals surface area (Å²) in [6, 6.07) is 2.66. The second-order valence-electron chi connectivity index (χ2n) is 5.50. The van der Waals surface area contributed by atoms with Gasteiger partial charge in [0.05, 0.1) is 16.2 Å². The van der Waals surface area contributed by atoms with Crippen molar-refractivity contribution in [2.75, 3.05) is 6.61 Å². The van der Waals surface area contributed by atoms with E-state index < -0.39 is 30.9 Å². The maximum absolute atomic E-state index is 14.2. The number of thiophene rings is 1. The first kappa shape index (κ1) is 21.4. The van der Waals surface area contributed by atoms with Crippen molar-refractivity contribution < 1.29 is 33.2 Å².